The highest BCUT2D eigenvalue weighted by Crippen LogP contribution is 2.10. The van der Waals surface area contributed by atoms with Crippen molar-refractivity contribution in [3.8, 4) is 11.8 Å². The molecule has 0 aromatic rings. The van der Waals surface area contributed by atoms with Gasteiger partial charge in [0, 0.05) is 17.4 Å². The normalized spacial score (nSPS) is 20.5. The van der Waals surface area contributed by atoms with Crippen LogP contribution < -0.4 is 5.32 Å². The molecule has 0 saturated heterocycles. The van der Waals surface area contributed by atoms with Crippen LogP contribution in [0.1, 0.15) is 32.1 Å². The Hall–Kier alpha value is -0.440. The summed E-state index contributed by atoms with van der Waals surface area (Å²) < 4.78 is 6.09. The smallest absolute Gasteiger partial charge is 0.408 e. The summed E-state index contributed by atoms with van der Waals surface area (Å²) in [6.45, 7) is 0.652. The Morgan fingerprint density at radius 2 is 2.33 bits per heavy atom. The van der Waals surface area contributed by atoms with E-state index in [-0.39, 0.29) is 12.2 Å². The van der Waals surface area contributed by atoms with Crippen LogP contribution in [0.3, 0.4) is 0 Å². The van der Waals surface area contributed by atoms with Gasteiger partial charge < -0.3 is 10.1 Å². The van der Waals surface area contributed by atoms with Crippen LogP contribution in [0.2, 0.25) is 0 Å². The van der Waals surface area contributed by atoms with Crippen LogP contribution in [0.15, 0.2) is 0 Å². The Morgan fingerprint density at radius 1 is 1.47 bits per heavy atom. The molecule has 3 nitrogen and oxygen atoms in total. The van der Waals surface area contributed by atoms with E-state index in [4.69, 9.17) is 4.74 Å². The molecule has 0 spiro atoms. The van der Waals surface area contributed by atoms with Crippen molar-refractivity contribution < 1.29 is 9.53 Å². The van der Waals surface area contributed by atoms with Gasteiger partial charge in [0.25, 0.3) is 0 Å². The van der Waals surface area contributed by atoms with E-state index in [0.29, 0.717) is 6.54 Å². The van der Waals surface area contributed by atoms with E-state index in [2.05, 4.69) is 39.7 Å². The predicted octanol–water partition coefficient (Wildman–Crippen LogP) is 2.48. The minimum atomic E-state index is -0.341. The fourth-order valence-corrected chi connectivity index (χ4v) is 1.66. The van der Waals surface area contributed by atoms with Crippen LogP contribution in [0.25, 0.3) is 0 Å². The van der Waals surface area contributed by atoms with E-state index in [1.807, 2.05) is 0 Å². The molecule has 1 unspecified atom stereocenters. The SMILES string of the molecule is O=C(NCCI)OC1C#CCCCCC1. The van der Waals surface area contributed by atoms with Gasteiger partial charge in [-0.15, -0.1) is 0 Å². The second-order valence-electron chi connectivity index (χ2n) is 3.43. The molecule has 1 aliphatic carbocycles. The van der Waals surface area contributed by atoms with E-state index in [9.17, 15) is 4.79 Å². The maximum Gasteiger partial charge on any atom is 0.408 e. The number of ether oxygens (including phenoxy) is 1. The summed E-state index contributed by atoms with van der Waals surface area (Å²) in [6, 6.07) is 0. The van der Waals surface area contributed by atoms with Crippen LogP contribution in [-0.2, 0) is 4.74 Å². The van der Waals surface area contributed by atoms with Gasteiger partial charge in [0.05, 0.1) is 0 Å². The van der Waals surface area contributed by atoms with E-state index in [1.165, 1.54) is 12.8 Å². The Balaban J connectivity index is 2.31. The lowest BCUT2D eigenvalue weighted by atomic mass is 10.1. The molecule has 1 atom stereocenters. The van der Waals surface area contributed by atoms with Crippen molar-refractivity contribution in [2.75, 3.05) is 11.0 Å². The average Bonchev–Trinajstić information content (AvgIpc) is 2.19. The van der Waals surface area contributed by atoms with Gasteiger partial charge in [-0.3, -0.25) is 0 Å². The Kier molecular flexibility index (Phi) is 6.57. The van der Waals surface area contributed by atoms with Gasteiger partial charge in [0.15, 0.2) is 6.10 Å². The van der Waals surface area contributed by atoms with Crippen LogP contribution >= 0.6 is 22.6 Å². The number of hydrogen-bond donors (Lipinski definition) is 1. The predicted molar refractivity (Wildman–Crippen MR) is 68.0 cm³/mol. The number of hydrogen-bond acceptors (Lipinski definition) is 2. The highest BCUT2D eigenvalue weighted by atomic mass is 127. The molecule has 84 valence electrons. The summed E-state index contributed by atoms with van der Waals surface area (Å²) in [5.41, 5.74) is 0. The van der Waals surface area contributed by atoms with Crippen molar-refractivity contribution in [1.82, 2.24) is 5.32 Å². The number of rotatable bonds is 3. The molecule has 0 aromatic heterocycles. The zero-order valence-electron chi connectivity index (χ0n) is 8.72. The van der Waals surface area contributed by atoms with Crippen molar-refractivity contribution >= 4 is 28.7 Å². The van der Waals surface area contributed by atoms with E-state index >= 15 is 0 Å². The third-order valence-corrected chi connectivity index (χ3v) is 2.68. The molecule has 0 fully saturated rings. The summed E-state index contributed by atoms with van der Waals surface area (Å²) in [4.78, 5) is 11.3. The monoisotopic (exact) mass is 321 g/mol. The molecule has 0 bridgehead atoms. The third-order valence-electron chi connectivity index (χ3n) is 2.14. The molecule has 1 aliphatic rings. The van der Waals surface area contributed by atoms with Gasteiger partial charge in [-0.1, -0.05) is 40.9 Å². The molecule has 0 saturated carbocycles. The molecule has 4 heteroatoms. The Labute approximate surface area is 104 Å². The molecule has 0 aromatic carbocycles. The minimum Gasteiger partial charge on any atom is -0.433 e. The van der Waals surface area contributed by atoms with Crippen molar-refractivity contribution in [1.29, 1.82) is 0 Å². The zero-order chi connectivity index (χ0) is 10.9. The minimum absolute atomic E-state index is 0.209. The average molecular weight is 321 g/mol. The molecule has 1 amide bonds. The van der Waals surface area contributed by atoms with Crippen LogP contribution in [0.5, 0.6) is 0 Å². The molecule has 0 heterocycles. The lowest BCUT2D eigenvalue weighted by molar-refractivity contribution is 0.118. The first-order valence-electron chi connectivity index (χ1n) is 5.32. The van der Waals surface area contributed by atoms with E-state index < -0.39 is 0 Å². The standard InChI is InChI=1S/C11H16INO2/c12-8-9-13-11(14)15-10-6-4-2-1-3-5-7-10/h10H,1-4,6,8-9H2,(H,13,14). The van der Waals surface area contributed by atoms with Gasteiger partial charge in [-0.05, 0) is 19.3 Å². The van der Waals surface area contributed by atoms with Crippen molar-refractivity contribution in [2.45, 2.75) is 38.2 Å². The number of halogens is 1. The van der Waals surface area contributed by atoms with Gasteiger partial charge in [-0.25, -0.2) is 4.79 Å². The molecule has 1 rings (SSSR count). The fraction of sp³-hybridized carbons (Fsp3) is 0.727. The first-order chi connectivity index (χ1) is 7.33. The Bertz CT molecular complexity index is 257. The Morgan fingerprint density at radius 3 is 3.13 bits per heavy atom. The van der Waals surface area contributed by atoms with E-state index in [1.54, 1.807) is 0 Å². The maximum atomic E-state index is 11.3. The van der Waals surface area contributed by atoms with Gasteiger partial charge >= 0.3 is 6.09 Å². The molecule has 0 aliphatic heterocycles. The quantitative estimate of drug-likeness (QED) is 0.493. The molecule has 1 N–H and O–H groups in total. The maximum absolute atomic E-state index is 11.3. The highest BCUT2D eigenvalue weighted by Gasteiger charge is 2.11. The molecular weight excluding hydrogens is 305 g/mol. The van der Waals surface area contributed by atoms with Crippen LogP contribution in [-0.4, -0.2) is 23.2 Å². The van der Waals surface area contributed by atoms with E-state index in [0.717, 1.165) is 23.7 Å². The topological polar surface area (TPSA) is 38.3 Å². The van der Waals surface area contributed by atoms with Crippen molar-refractivity contribution in [2.24, 2.45) is 0 Å². The summed E-state index contributed by atoms with van der Waals surface area (Å²) in [5.74, 6) is 6.04. The summed E-state index contributed by atoms with van der Waals surface area (Å²) in [7, 11) is 0. The fourth-order valence-electron chi connectivity index (χ4n) is 1.39. The van der Waals surface area contributed by atoms with Gasteiger partial charge in [0.1, 0.15) is 0 Å². The third kappa shape index (κ3) is 5.88. The van der Waals surface area contributed by atoms with Crippen molar-refractivity contribution in [3.63, 3.8) is 0 Å². The lowest BCUT2D eigenvalue weighted by Gasteiger charge is -2.13. The first kappa shape index (κ1) is 12.6. The number of carbonyl (C=O) groups is 1. The number of nitrogens with one attached hydrogen (secondary N) is 1. The first-order valence-corrected chi connectivity index (χ1v) is 6.84. The molecule has 15 heavy (non-hydrogen) atoms. The number of carbonyl (C=O) groups excluding carboxylic acids is 1. The highest BCUT2D eigenvalue weighted by molar-refractivity contribution is 14.1. The van der Waals surface area contributed by atoms with Gasteiger partial charge in [-0.2, -0.15) is 0 Å². The molecule has 0 radical (unpaired) electrons. The molecular formula is C11H16INO2. The summed E-state index contributed by atoms with van der Waals surface area (Å²) in [5, 5.41) is 2.68. The largest absolute Gasteiger partial charge is 0.433 e. The second kappa shape index (κ2) is 7.80. The lowest BCUT2D eigenvalue weighted by Crippen LogP contribution is -2.29. The number of amides is 1. The van der Waals surface area contributed by atoms with Crippen LogP contribution in [0, 0.1) is 11.8 Å². The number of alkyl halides is 1. The van der Waals surface area contributed by atoms with Gasteiger partial charge in [0.2, 0.25) is 0 Å². The summed E-state index contributed by atoms with van der Waals surface area (Å²) in [6.07, 6.45) is 4.69. The zero-order valence-corrected chi connectivity index (χ0v) is 10.9. The van der Waals surface area contributed by atoms with Crippen molar-refractivity contribution in [3.05, 3.63) is 0 Å². The van der Waals surface area contributed by atoms with Crippen LogP contribution in [0.4, 0.5) is 4.79 Å². The second-order valence-corrected chi connectivity index (χ2v) is 4.51. The summed E-state index contributed by atoms with van der Waals surface area (Å²) >= 11 is 2.20. The number of alkyl carbamates (subject to hydrolysis) is 1.